The second-order valence-electron chi connectivity index (χ2n) is 5.90. The van der Waals surface area contributed by atoms with Crippen LogP contribution in [-0.2, 0) is 5.41 Å². The van der Waals surface area contributed by atoms with Gasteiger partial charge in [-0.05, 0) is 19.4 Å². The zero-order valence-corrected chi connectivity index (χ0v) is 13.8. The minimum absolute atomic E-state index is 0.0874. The van der Waals surface area contributed by atoms with E-state index in [0.717, 1.165) is 26.4 Å². The van der Waals surface area contributed by atoms with E-state index in [0.29, 0.717) is 0 Å². The summed E-state index contributed by atoms with van der Waals surface area (Å²) in [6.45, 7) is 10.5. The fraction of sp³-hybridized carbons (Fsp3) is 0.462. The Morgan fingerprint density at radius 1 is 1.10 bits per heavy atom. The molecular formula is C13H17N5S2. The average molecular weight is 307 g/mol. The number of nitrogens with zero attached hydrogens (tertiary/aromatic N) is 4. The molecule has 0 spiro atoms. The minimum atomic E-state index is -0.0874. The molecule has 3 rings (SSSR count). The van der Waals surface area contributed by atoms with Crippen molar-refractivity contribution in [3.8, 4) is 10.6 Å². The highest BCUT2D eigenvalue weighted by Gasteiger charge is 2.25. The van der Waals surface area contributed by atoms with Crippen LogP contribution in [0, 0.1) is 13.8 Å². The van der Waals surface area contributed by atoms with Crippen LogP contribution in [-0.4, -0.2) is 19.8 Å². The molecule has 0 aliphatic rings. The first-order valence-corrected chi connectivity index (χ1v) is 8.01. The van der Waals surface area contributed by atoms with E-state index in [4.69, 9.17) is 5.73 Å². The first kappa shape index (κ1) is 13.5. The van der Waals surface area contributed by atoms with Gasteiger partial charge in [0.15, 0.2) is 10.8 Å². The van der Waals surface area contributed by atoms with Gasteiger partial charge in [0.25, 0.3) is 0 Å². The number of anilines is 1. The fourth-order valence-electron chi connectivity index (χ4n) is 2.10. The molecule has 106 valence electrons. The van der Waals surface area contributed by atoms with Gasteiger partial charge in [0.05, 0.1) is 5.00 Å². The summed E-state index contributed by atoms with van der Waals surface area (Å²) in [7, 11) is 0. The highest BCUT2D eigenvalue weighted by Crippen LogP contribution is 2.40. The van der Waals surface area contributed by atoms with Crippen LogP contribution < -0.4 is 5.73 Å². The van der Waals surface area contributed by atoms with E-state index < -0.39 is 0 Å². The molecule has 0 aromatic carbocycles. The Kier molecular flexibility index (Phi) is 2.88. The molecule has 0 fully saturated rings. The molecule has 0 radical (unpaired) electrons. The fourth-order valence-corrected chi connectivity index (χ4v) is 4.06. The van der Waals surface area contributed by atoms with Gasteiger partial charge in [0.1, 0.15) is 0 Å². The van der Waals surface area contributed by atoms with E-state index in [9.17, 15) is 0 Å². The number of hydrogen-bond donors (Lipinski definition) is 1. The van der Waals surface area contributed by atoms with Gasteiger partial charge in [-0.3, -0.25) is 0 Å². The van der Waals surface area contributed by atoms with Gasteiger partial charge in [-0.25, -0.2) is 0 Å². The number of fused-ring (bicyclic) bond motifs is 1. The maximum Gasteiger partial charge on any atom is 0.235 e. The Balaban J connectivity index is 2.22. The zero-order valence-electron chi connectivity index (χ0n) is 12.2. The first-order valence-electron chi connectivity index (χ1n) is 6.37. The molecule has 0 atom stereocenters. The topological polar surface area (TPSA) is 69.1 Å². The van der Waals surface area contributed by atoms with Crippen LogP contribution in [0.1, 0.15) is 37.0 Å². The molecule has 0 amide bonds. The quantitative estimate of drug-likeness (QED) is 0.748. The summed E-state index contributed by atoms with van der Waals surface area (Å²) in [4.78, 5) is 2.05. The monoisotopic (exact) mass is 307 g/mol. The number of aromatic nitrogens is 4. The number of thiophene rings is 1. The van der Waals surface area contributed by atoms with Gasteiger partial charge >= 0.3 is 0 Å². The number of aryl methyl sites for hydroxylation is 1. The highest BCUT2D eigenvalue weighted by molar-refractivity contribution is 7.21. The predicted molar refractivity (Wildman–Crippen MR) is 84.6 cm³/mol. The molecule has 5 nitrogen and oxygen atoms in total. The Labute approximate surface area is 125 Å². The average Bonchev–Trinajstić information content (AvgIpc) is 2.91. The molecule has 0 unspecified atom stereocenters. The largest absolute Gasteiger partial charge is 0.390 e. The third-order valence-electron chi connectivity index (χ3n) is 3.29. The summed E-state index contributed by atoms with van der Waals surface area (Å²) >= 11 is 3.15. The molecule has 0 saturated carbocycles. The van der Waals surface area contributed by atoms with Crippen molar-refractivity contribution in [1.82, 2.24) is 19.8 Å². The van der Waals surface area contributed by atoms with Crippen molar-refractivity contribution in [3.63, 3.8) is 0 Å². The Morgan fingerprint density at radius 3 is 2.35 bits per heavy atom. The number of hydrogen-bond acceptors (Lipinski definition) is 6. The van der Waals surface area contributed by atoms with E-state index in [1.54, 1.807) is 11.3 Å². The van der Waals surface area contributed by atoms with Crippen molar-refractivity contribution in [1.29, 1.82) is 0 Å². The van der Waals surface area contributed by atoms with Crippen LogP contribution in [0.4, 0.5) is 5.00 Å². The standard InChI is InChI=1S/C13H17N5S2/c1-6-7(2)19-9(14)8(6)10-17-18-11(13(3,4)5)15-16-12(18)20-10/h14H2,1-5H3. The van der Waals surface area contributed by atoms with Crippen LogP contribution in [0.5, 0.6) is 0 Å². The van der Waals surface area contributed by atoms with Gasteiger partial charge in [0, 0.05) is 15.9 Å². The summed E-state index contributed by atoms with van der Waals surface area (Å²) in [5, 5.41) is 14.9. The normalized spacial score (nSPS) is 12.4. The van der Waals surface area contributed by atoms with Gasteiger partial charge in [-0.1, -0.05) is 32.1 Å². The smallest absolute Gasteiger partial charge is 0.235 e. The lowest BCUT2D eigenvalue weighted by Crippen LogP contribution is -2.16. The van der Waals surface area contributed by atoms with Crippen molar-refractivity contribution in [2.75, 3.05) is 5.73 Å². The lowest BCUT2D eigenvalue weighted by atomic mass is 9.96. The summed E-state index contributed by atoms with van der Waals surface area (Å²) in [5.41, 5.74) is 8.29. The molecule has 20 heavy (non-hydrogen) atoms. The molecule has 2 N–H and O–H groups in total. The van der Waals surface area contributed by atoms with E-state index in [-0.39, 0.29) is 5.41 Å². The molecule has 0 aliphatic heterocycles. The molecule has 3 aromatic rings. The molecule has 7 heteroatoms. The molecular weight excluding hydrogens is 290 g/mol. The lowest BCUT2D eigenvalue weighted by Gasteiger charge is -2.13. The summed E-state index contributed by atoms with van der Waals surface area (Å²) in [6, 6.07) is 0. The second-order valence-corrected chi connectivity index (χ2v) is 8.11. The Morgan fingerprint density at radius 2 is 1.80 bits per heavy atom. The number of rotatable bonds is 1. The lowest BCUT2D eigenvalue weighted by molar-refractivity contribution is 0.528. The van der Waals surface area contributed by atoms with E-state index >= 15 is 0 Å². The second kappa shape index (κ2) is 4.26. The molecule has 0 saturated heterocycles. The number of nitrogen functional groups attached to an aromatic ring is 1. The number of nitrogens with two attached hydrogens (primary N) is 1. The third kappa shape index (κ3) is 1.92. The third-order valence-corrected chi connectivity index (χ3v) is 5.24. The van der Waals surface area contributed by atoms with Gasteiger partial charge in [-0.15, -0.1) is 21.5 Å². The van der Waals surface area contributed by atoms with Crippen LogP contribution in [0.25, 0.3) is 15.5 Å². The van der Waals surface area contributed by atoms with Crippen molar-refractivity contribution >= 4 is 32.6 Å². The molecule has 0 aliphatic carbocycles. The Bertz CT molecular complexity index is 788. The van der Waals surface area contributed by atoms with E-state index in [1.807, 2.05) is 4.52 Å². The molecule has 3 heterocycles. The van der Waals surface area contributed by atoms with Crippen LogP contribution in [0.2, 0.25) is 0 Å². The highest BCUT2D eigenvalue weighted by atomic mass is 32.1. The SMILES string of the molecule is Cc1sc(N)c(-c2nn3c(C(C)(C)C)nnc3s2)c1C. The van der Waals surface area contributed by atoms with Crippen LogP contribution in [0.3, 0.4) is 0 Å². The van der Waals surface area contributed by atoms with E-state index in [1.165, 1.54) is 21.8 Å². The van der Waals surface area contributed by atoms with Crippen molar-refractivity contribution in [2.45, 2.75) is 40.0 Å². The van der Waals surface area contributed by atoms with Crippen molar-refractivity contribution < 1.29 is 0 Å². The predicted octanol–water partition coefficient (Wildman–Crippen LogP) is 3.41. The van der Waals surface area contributed by atoms with Gasteiger partial charge in [0.2, 0.25) is 4.96 Å². The van der Waals surface area contributed by atoms with Crippen LogP contribution >= 0.6 is 22.7 Å². The van der Waals surface area contributed by atoms with Gasteiger partial charge < -0.3 is 5.73 Å². The van der Waals surface area contributed by atoms with E-state index in [2.05, 4.69) is 49.9 Å². The first-order chi connectivity index (χ1) is 9.29. The van der Waals surface area contributed by atoms with Crippen molar-refractivity contribution in [2.24, 2.45) is 0 Å². The Hall–Kier alpha value is -1.47. The molecule has 0 bridgehead atoms. The maximum absolute atomic E-state index is 6.13. The molecule has 3 aromatic heterocycles. The summed E-state index contributed by atoms with van der Waals surface area (Å²) in [6.07, 6.45) is 0. The van der Waals surface area contributed by atoms with Crippen molar-refractivity contribution in [3.05, 3.63) is 16.3 Å². The summed E-state index contributed by atoms with van der Waals surface area (Å²) < 4.78 is 1.84. The van der Waals surface area contributed by atoms with Crippen LogP contribution in [0.15, 0.2) is 0 Å². The minimum Gasteiger partial charge on any atom is -0.390 e. The summed E-state index contributed by atoms with van der Waals surface area (Å²) in [5.74, 6) is 0.873. The van der Waals surface area contributed by atoms with Gasteiger partial charge in [-0.2, -0.15) is 9.61 Å². The zero-order chi connectivity index (χ0) is 14.7. The maximum atomic E-state index is 6.13.